The Bertz CT molecular complexity index is 670. The first-order valence-corrected chi connectivity index (χ1v) is 7.34. The molecule has 4 N–H and O–H groups in total. The second-order valence-electron chi connectivity index (χ2n) is 5.42. The van der Waals surface area contributed by atoms with E-state index in [1.165, 1.54) is 0 Å². The van der Waals surface area contributed by atoms with Gasteiger partial charge in [-0.25, -0.2) is 0 Å². The molecule has 0 saturated carbocycles. The minimum atomic E-state index is -1.02. The average Bonchev–Trinajstić information content (AvgIpc) is 2.74. The molecule has 0 aliphatic carbocycles. The van der Waals surface area contributed by atoms with Crippen molar-refractivity contribution in [2.75, 3.05) is 19.8 Å². The van der Waals surface area contributed by atoms with Crippen molar-refractivity contribution in [2.45, 2.75) is 31.2 Å². The number of hydrogen-bond donors (Lipinski definition) is 4. The molecule has 2 rings (SSSR count). The molecule has 1 heterocycles. The predicted octanol–water partition coefficient (Wildman–Crippen LogP) is -1.02. The zero-order valence-corrected chi connectivity index (χ0v) is 12.3. The standard InChI is InChI=1S/C16H21NO5/c18-7-4-11-2-1-3-13-15(11)12(5-8-19)16(17-13,6-9-20)10-14(21)22/h1-3,18-20H,4-10H2,(H,21,22). The molecule has 1 aromatic rings. The topological polar surface area (TPSA) is 110 Å². The third-order valence-electron chi connectivity index (χ3n) is 4.04. The maximum atomic E-state index is 11.3. The van der Waals surface area contributed by atoms with Crippen molar-refractivity contribution in [1.82, 2.24) is 0 Å². The first kappa shape index (κ1) is 16.6. The van der Waals surface area contributed by atoms with Crippen molar-refractivity contribution in [3.8, 4) is 0 Å². The van der Waals surface area contributed by atoms with Gasteiger partial charge >= 0.3 is 5.97 Å². The van der Waals surface area contributed by atoms with Crippen LogP contribution in [0.5, 0.6) is 0 Å². The number of fused-ring (bicyclic) bond motifs is 1. The summed E-state index contributed by atoms with van der Waals surface area (Å²) in [7, 11) is 0. The smallest absolute Gasteiger partial charge is 0.306 e. The van der Waals surface area contributed by atoms with Crippen LogP contribution >= 0.6 is 0 Å². The Morgan fingerprint density at radius 2 is 1.82 bits per heavy atom. The monoisotopic (exact) mass is 307 g/mol. The largest absolute Gasteiger partial charge is 0.481 e. The first-order valence-electron chi connectivity index (χ1n) is 7.34. The Labute approximate surface area is 128 Å². The van der Waals surface area contributed by atoms with Gasteiger partial charge in [-0.05, 0) is 30.0 Å². The summed E-state index contributed by atoms with van der Waals surface area (Å²) in [6.07, 6.45) is 0.708. The highest BCUT2D eigenvalue weighted by atomic mass is 16.4. The van der Waals surface area contributed by atoms with Gasteiger partial charge in [-0.2, -0.15) is 0 Å². The molecule has 0 fully saturated rings. The van der Waals surface area contributed by atoms with E-state index in [2.05, 4.69) is 4.99 Å². The Balaban J connectivity index is 2.71. The van der Waals surface area contributed by atoms with Gasteiger partial charge in [-0.3, -0.25) is 9.79 Å². The maximum Gasteiger partial charge on any atom is 0.306 e. The number of aliphatic hydroxyl groups is 3. The van der Waals surface area contributed by atoms with Crippen LogP contribution in [-0.4, -0.2) is 51.8 Å². The van der Waals surface area contributed by atoms with Gasteiger partial charge in [0, 0.05) is 31.5 Å². The van der Waals surface area contributed by atoms with Gasteiger partial charge in [0.15, 0.2) is 0 Å². The van der Waals surface area contributed by atoms with Crippen molar-refractivity contribution in [1.29, 1.82) is 0 Å². The Hall–Kier alpha value is -1.76. The van der Waals surface area contributed by atoms with E-state index in [1.807, 2.05) is 12.1 Å². The molecule has 0 aromatic heterocycles. The number of rotatable bonds is 8. The summed E-state index contributed by atoms with van der Waals surface area (Å²) in [4.78, 5) is 15.9. The van der Waals surface area contributed by atoms with E-state index in [0.717, 1.165) is 16.4 Å². The minimum Gasteiger partial charge on any atom is -0.481 e. The van der Waals surface area contributed by atoms with E-state index in [0.29, 0.717) is 18.2 Å². The molecule has 120 valence electrons. The molecule has 1 aliphatic heterocycles. The molecule has 1 aliphatic rings. The lowest BCUT2D eigenvalue weighted by molar-refractivity contribution is -0.138. The van der Waals surface area contributed by atoms with Crippen LogP contribution in [0.3, 0.4) is 0 Å². The number of benzene rings is 1. The number of aliphatic hydroxyl groups excluding tert-OH is 3. The van der Waals surface area contributed by atoms with E-state index in [-0.39, 0.29) is 32.7 Å². The second kappa shape index (κ2) is 7.00. The van der Waals surface area contributed by atoms with Crippen LogP contribution in [0.15, 0.2) is 23.2 Å². The van der Waals surface area contributed by atoms with E-state index in [4.69, 9.17) is 0 Å². The van der Waals surface area contributed by atoms with Crippen molar-refractivity contribution >= 4 is 11.5 Å². The molecule has 6 heteroatoms. The van der Waals surface area contributed by atoms with Crippen LogP contribution in [0.4, 0.5) is 0 Å². The fourth-order valence-corrected chi connectivity index (χ4v) is 3.23. The number of carbonyl (C=O) groups is 1. The number of aliphatic carboxylic acids is 1. The van der Waals surface area contributed by atoms with Crippen molar-refractivity contribution in [2.24, 2.45) is 4.99 Å². The number of carboxylic acid groups (broad SMARTS) is 1. The maximum absolute atomic E-state index is 11.3. The number of carboxylic acids is 1. The summed E-state index contributed by atoms with van der Waals surface area (Å²) in [5.74, 6) is -0.996. The Kier molecular flexibility index (Phi) is 5.28. The molecule has 0 saturated heterocycles. The molecular weight excluding hydrogens is 286 g/mol. The Morgan fingerprint density at radius 3 is 2.41 bits per heavy atom. The van der Waals surface area contributed by atoms with E-state index in [1.54, 1.807) is 6.07 Å². The van der Waals surface area contributed by atoms with Crippen LogP contribution in [-0.2, 0) is 11.2 Å². The molecule has 0 amide bonds. The highest BCUT2D eigenvalue weighted by Gasteiger charge is 2.39. The molecule has 0 spiro atoms. The van der Waals surface area contributed by atoms with Gasteiger partial charge in [0.25, 0.3) is 0 Å². The van der Waals surface area contributed by atoms with Crippen molar-refractivity contribution < 1.29 is 25.2 Å². The van der Waals surface area contributed by atoms with Crippen LogP contribution in [0.25, 0.3) is 5.57 Å². The van der Waals surface area contributed by atoms with Crippen molar-refractivity contribution in [3.05, 3.63) is 34.3 Å². The molecule has 1 unspecified atom stereocenters. The third kappa shape index (κ3) is 3.04. The molecule has 1 atom stereocenters. The zero-order valence-electron chi connectivity index (χ0n) is 12.3. The summed E-state index contributed by atoms with van der Waals surface area (Å²) in [6.45, 7) is -0.325. The van der Waals surface area contributed by atoms with Gasteiger partial charge in [0.05, 0.1) is 17.3 Å². The van der Waals surface area contributed by atoms with Crippen molar-refractivity contribution in [3.63, 3.8) is 0 Å². The minimum absolute atomic E-state index is 0.0191. The average molecular weight is 307 g/mol. The highest BCUT2D eigenvalue weighted by Crippen LogP contribution is 2.34. The predicted molar refractivity (Wildman–Crippen MR) is 79.8 cm³/mol. The fraction of sp³-hybridized carbons (Fsp3) is 0.500. The Morgan fingerprint density at radius 1 is 1.09 bits per heavy atom. The third-order valence-corrected chi connectivity index (χ3v) is 4.04. The molecule has 0 radical (unpaired) electrons. The molecule has 22 heavy (non-hydrogen) atoms. The van der Waals surface area contributed by atoms with Gasteiger partial charge in [-0.1, -0.05) is 12.1 Å². The quantitative estimate of drug-likeness (QED) is 0.491. The number of hydrogen-bond acceptors (Lipinski definition) is 5. The van der Waals surface area contributed by atoms with E-state index in [9.17, 15) is 25.2 Å². The lowest BCUT2D eigenvalue weighted by atomic mass is 9.82. The van der Waals surface area contributed by atoms with Crippen LogP contribution in [0.1, 0.15) is 24.8 Å². The van der Waals surface area contributed by atoms with Crippen LogP contribution < -0.4 is 10.6 Å². The fourth-order valence-electron chi connectivity index (χ4n) is 3.23. The van der Waals surface area contributed by atoms with E-state index >= 15 is 0 Å². The summed E-state index contributed by atoms with van der Waals surface area (Å²) < 4.78 is 0. The summed E-state index contributed by atoms with van der Waals surface area (Å²) in [6, 6.07) is 5.49. The van der Waals surface area contributed by atoms with E-state index < -0.39 is 11.5 Å². The van der Waals surface area contributed by atoms with Crippen LogP contribution in [0.2, 0.25) is 0 Å². The highest BCUT2D eigenvalue weighted by molar-refractivity contribution is 5.75. The van der Waals surface area contributed by atoms with Gasteiger partial charge in [-0.15, -0.1) is 0 Å². The molecule has 0 bridgehead atoms. The number of nitrogens with zero attached hydrogens (tertiary/aromatic N) is 1. The first-order chi connectivity index (χ1) is 10.6. The van der Waals surface area contributed by atoms with Crippen LogP contribution in [0, 0.1) is 0 Å². The SMILES string of the molecule is O=C(O)CC1(CCO)N=c2cccc(CCO)c2=C1CCO. The summed E-state index contributed by atoms with van der Waals surface area (Å²) in [5.41, 5.74) is 0.611. The van der Waals surface area contributed by atoms with Gasteiger partial charge in [0.1, 0.15) is 0 Å². The van der Waals surface area contributed by atoms with Gasteiger partial charge in [0.2, 0.25) is 0 Å². The summed E-state index contributed by atoms with van der Waals surface area (Å²) in [5, 5.41) is 38.7. The lowest BCUT2D eigenvalue weighted by Gasteiger charge is -2.28. The summed E-state index contributed by atoms with van der Waals surface area (Å²) >= 11 is 0. The zero-order chi connectivity index (χ0) is 16.2. The second-order valence-corrected chi connectivity index (χ2v) is 5.42. The molecular formula is C16H21NO5. The lowest BCUT2D eigenvalue weighted by Crippen LogP contribution is -2.34. The molecule has 1 aromatic carbocycles. The normalized spacial score (nSPS) is 19.9. The van der Waals surface area contributed by atoms with Gasteiger partial charge < -0.3 is 20.4 Å². The molecule has 6 nitrogen and oxygen atoms in total.